The molecule has 8 rings (SSSR count). The third-order valence-electron chi connectivity index (χ3n) is 9.17. The number of halogens is 8. The van der Waals surface area contributed by atoms with Crippen molar-refractivity contribution in [3.63, 3.8) is 0 Å². The molecule has 2 saturated carbocycles. The molecule has 12 heteroatoms. The van der Waals surface area contributed by atoms with Crippen LogP contribution >= 0.6 is 103 Å². The standard InChI is InChI=1S/2C21H20P.2BrH.6ClH.2Mn/c2*1-4-10-18(11-5-1)22(21-16-17-21,19-12-6-2-7-13-19)20-14-8-3-9-15-20;;;;;;;;;;/h2*1-15,21H,16-17H2;8*1H;;/q2*+1;;;;;;;;;2*+3/p-8. The van der Waals surface area contributed by atoms with Crippen molar-refractivity contribution in [2.45, 2.75) is 37.0 Å². The van der Waals surface area contributed by atoms with Gasteiger partial charge in [-0.15, -0.1) is 0 Å². The first-order chi connectivity index (χ1) is 25.8. The quantitative estimate of drug-likeness (QED) is 0.105. The molecule has 0 spiro atoms. The van der Waals surface area contributed by atoms with E-state index in [2.05, 4.69) is 210 Å². The molecule has 0 unspecified atom stereocenters. The molecular weight excluding hydrogens is 1050 g/mol. The van der Waals surface area contributed by atoms with Gasteiger partial charge in [-0.25, -0.2) is 0 Å². The number of hydrogen-bond acceptors (Lipinski definition) is 0. The first kappa shape index (κ1) is 45.0. The molecule has 0 nitrogen and oxygen atoms in total. The maximum absolute atomic E-state index is 5.12. The zero-order chi connectivity index (χ0) is 38.7. The fourth-order valence-corrected chi connectivity index (χ4v) is 17.1. The van der Waals surface area contributed by atoms with Gasteiger partial charge in [-0.05, 0) is 98.5 Å². The molecule has 0 aliphatic heterocycles. The van der Waals surface area contributed by atoms with Crippen LogP contribution in [0.15, 0.2) is 182 Å². The molecule has 0 N–H and O–H groups in total. The smallest absolute Gasteiger partial charge is 0.0620 e. The minimum absolute atomic E-state index is 0.805. The topological polar surface area (TPSA) is 0 Å². The van der Waals surface area contributed by atoms with Crippen LogP contribution in [0.2, 0.25) is 0 Å². The Bertz CT molecular complexity index is 1620. The third kappa shape index (κ3) is 13.0. The largest absolute Gasteiger partial charge is 0.115 e. The van der Waals surface area contributed by atoms with Crippen molar-refractivity contribution in [2.75, 3.05) is 0 Å². The summed E-state index contributed by atoms with van der Waals surface area (Å²) in [6.07, 6.45) is 5.41. The van der Waals surface area contributed by atoms with Crippen molar-refractivity contribution in [1.82, 2.24) is 0 Å². The molecule has 0 atom stereocenters. The van der Waals surface area contributed by atoms with Crippen LogP contribution in [0.3, 0.4) is 0 Å². The average Bonchev–Trinajstić information content (AvgIpc) is 4.11. The SMILES string of the molecule is [Cl][Mn-]([Cl])([Cl])[Br].[Cl][Mn-]([Cl])([Cl])[Br].c1ccc([P+](c2ccccc2)(c2ccccc2)C2CC2)cc1.c1ccc([P+](c2ccccc2)(c2ccccc2)C2CC2)cc1. The molecule has 0 saturated heterocycles. The predicted molar refractivity (Wildman–Crippen MR) is 249 cm³/mol. The summed E-state index contributed by atoms with van der Waals surface area (Å²) >= 11 is 5.62. The van der Waals surface area contributed by atoms with Gasteiger partial charge in [-0.2, -0.15) is 0 Å². The Morgan fingerprint density at radius 1 is 0.315 bits per heavy atom. The van der Waals surface area contributed by atoms with Crippen molar-refractivity contribution < 1.29 is 16.6 Å². The Hall–Kier alpha value is -0.0810. The molecule has 0 radical (unpaired) electrons. The molecule has 54 heavy (non-hydrogen) atoms. The molecule has 6 aromatic rings. The predicted octanol–water partition coefficient (Wildman–Crippen LogP) is 14.1. The zero-order valence-corrected chi connectivity index (χ0v) is 40.8. The summed E-state index contributed by atoms with van der Waals surface area (Å²) in [7, 11) is 22.9. The molecule has 0 heterocycles. The van der Waals surface area contributed by atoms with Gasteiger partial charge in [0.25, 0.3) is 0 Å². The summed E-state index contributed by atoms with van der Waals surface area (Å²) in [5, 5.41) is 9.14. The van der Waals surface area contributed by atoms with E-state index in [4.69, 9.17) is 60.6 Å². The zero-order valence-electron chi connectivity index (χ0n) is 29.0. The van der Waals surface area contributed by atoms with Crippen molar-refractivity contribution in [1.29, 1.82) is 0 Å². The number of benzene rings is 6. The first-order valence-corrected chi connectivity index (χ1v) is 36.4. The van der Waals surface area contributed by atoms with Gasteiger partial charge in [0.05, 0.1) is 11.3 Å². The second kappa shape index (κ2) is 21.3. The fourth-order valence-electron chi connectivity index (χ4n) is 7.06. The molecule has 0 bridgehead atoms. The maximum atomic E-state index is 5.12. The summed E-state index contributed by atoms with van der Waals surface area (Å²) in [4.78, 5) is 0. The van der Waals surface area contributed by atoms with E-state index in [1.54, 1.807) is 0 Å². The maximum Gasteiger partial charge on any atom is 0.115 e. The van der Waals surface area contributed by atoms with Crippen LogP contribution in [0.4, 0.5) is 0 Å². The number of hydrogen-bond donors (Lipinski definition) is 0. The Morgan fingerprint density at radius 2 is 0.444 bits per heavy atom. The van der Waals surface area contributed by atoms with Crippen LogP contribution in [0, 0.1) is 0 Å². The molecule has 2 aliphatic carbocycles. The van der Waals surface area contributed by atoms with E-state index in [9.17, 15) is 0 Å². The first-order valence-electron chi connectivity index (χ1n) is 17.1. The fraction of sp³-hybridized carbons (Fsp3) is 0.143. The molecular formula is C42H40Br2Cl6Mn2P2. The Balaban J connectivity index is 0.000000167. The van der Waals surface area contributed by atoms with Gasteiger partial charge >= 0.3 is 105 Å². The van der Waals surface area contributed by atoms with Crippen LogP contribution in [0.1, 0.15) is 25.7 Å². The van der Waals surface area contributed by atoms with Gasteiger partial charge in [0, 0.05) is 0 Å². The van der Waals surface area contributed by atoms with E-state index in [-0.39, 0.29) is 0 Å². The normalized spacial score (nSPS) is 14.8. The van der Waals surface area contributed by atoms with Crippen molar-refractivity contribution in [3.05, 3.63) is 182 Å². The van der Waals surface area contributed by atoms with Gasteiger partial charge in [-0.1, -0.05) is 109 Å². The van der Waals surface area contributed by atoms with Crippen LogP contribution in [0.25, 0.3) is 0 Å². The van der Waals surface area contributed by atoms with E-state index < -0.39 is 31.1 Å². The van der Waals surface area contributed by atoms with Gasteiger partial charge in [0.2, 0.25) is 0 Å². The van der Waals surface area contributed by atoms with Crippen LogP contribution in [-0.4, -0.2) is 11.3 Å². The summed E-state index contributed by atoms with van der Waals surface area (Å²) in [5.74, 6) is 0. The van der Waals surface area contributed by atoms with Crippen molar-refractivity contribution >= 4 is 135 Å². The van der Waals surface area contributed by atoms with E-state index in [0.717, 1.165) is 11.3 Å². The Kier molecular flexibility index (Phi) is 17.7. The third-order valence-corrected chi connectivity index (χ3v) is 19.1. The van der Waals surface area contributed by atoms with Gasteiger partial charge in [-0.3, -0.25) is 0 Å². The average molecular weight is 1090 g/mol. The minimum atomic E-state index is -2.40. The van der Waals surface area contributed by atoms with E-state index in [1.807, 2.05) is 0 Å². The van der Waals surface area contributed by atoms with Crippen molar-refractivity contribution in [2.24, 2.45) is 0 Å². The van der Waals surface area contributed by atoms with E-state index in [1.165, 1.54) is 57.5 Å². The second-order valence-electron chi connectivity index (χ2n) is 12.6. The van der Waals surface area contributed by atoms with Crippen LogP contribution in [0.5, 0.6) is 0 Å². The summed E-state index contributed by atoms with van der Waals surface area (Å²) < 4.78 is 0. The van der Waals surface area contributed by atoms with Crippen LogP contribution in [-0.2, 0) is 16.6 Å². The molecule has 0 aromatic heterocycles. The molecule has 2 aliphatic rings. The monoisotopic (exact) mass is 1080 g/mol. The molecule has 288 valence electrons. The van der Waals surface area contributed by atoms with Gasteiger partial charge in [0.15, 0.2) is 0 Å². The van der Waals surface area contributed by atoms with Gasteiger partial charge in [0.1, 0.15) is 46.4 Å². The Morgan fingerprint density at radius 3 is 0.556 bits per heavy atom. The molecule has 6 aromatic carbocycles. The minimum Gasteiger partial charge on any atom is -0.0620 e. The summed E-state index contributed by atoms with van der Waals surface area (Å²) in [6.45, 7) is 0. The van der Waals surface area contributed by atoms with E-state index >= 15 is 0 Å². The van der Waals surface area contributed by atoms with Gasteiger partial charge < -0.3 is 0 Å². The summed E-state index contributed by atoms with van der Waals surface area (Å²) in [6, 6.07) is 67.1. The van der Waals surface area contributed by atoms with Crippen molar-refractivity contribution in [3.8, 4) is 0 Å². The molecule has 2 fully saturated rings. The second-order valence-corrected chi connectivity index (χ2v) is 52.2. The van der Waals surface area contributed by atoms with Crippen LogP contribution < -0.4 is 31.8 Å². The Labute approximate surface area is 366 Å². The van der Waals surface area contributed by atoms with E-state index in [0.29, 0.717) is 0 Å². The molecule has 0 amide bonds. The summed E-state index contributed by atoms with van der Waals surface area (Å²) in [5.41, 5.74) is 1.61. The number of rotatable bonds is 8.